The normalized spacial score (nSPS) is 11.1. The number of rotatable bonds is 4. The van der Waals surface area contributed by atoms with E-state index in [-0.39, 0.29) is 0 Å². The van der Waals surface area contributed by atoms with Gasteiger partial charge >= 0.3 is 0 Å². The molecule has 2 N–H and O–H groups in total. The second kappa shape index (κ2) is 4.47. The molecule has 0 saturated heterocycles. The lowest BCUT2D eigenvalue weighted by molar-refractivity contribution is 0.482. The minimum atomic E-state index is 0.752. The molecule has 2 heterocycles. The third-order valence-corrected chi connectivity index (χ3v) is 2.78. The van der Waals surface area contributed by atoms with Crippen molar-refractivity contribution in [3.05, 3.63) is 60.2 Å². The molecule has 0 atom stereocenters. The van der Waals surface area contributed by atoms with Crippen LogP contribution in [0.5, 0.6) is 0 Å². The minimum absolute atomic E-state index is 0.752. The Labute approximate surface area is 99.5 Å². The van der Waals surface area contributed by atoms with Crippen molar-refractivity contribution >= 4 is 10.9 Å². The number of aromatic nitrogens is 1. The van der Waals surface area contributed by atoms with Crippen LogP contribution in [-0.4, -0.2) is 4.98 Å². The van der Waals surface area contributed by atoms with Gasteiger partial charge in [0.2, 0.25) is 0 Å². The first-order valence-corrected chi connectivity index (χ1v) is 5.71. The highest BCUT2D eigenvalue weighted by molar-refractivity contribution is 5.80. The highest BCUT2D eigenvalue weighted by Crippen LogP contribution is 2.14. The van der Waals surface area contributed by atoms with Crippen molar-refractivity contribution < 1.29 is 4.42 Å². The molecule has 3 nitrogen and oxygen atoms in total. The van der Waals surface area contributed by atoms with Crippen molar-refractivity contribution in [1.29, 1.82) is 0 Å². The number of fused-ring (bicyclic) bond motifs is 1. The SMILES string of the molecule is c1coc(CNCc2cc3ccccc3[nH]2)c1. The summed E-state index contributed by atoms with van der Waals surface area (Å²) in [5.74, 6) is 0.959. The first-order chi connectivity index (χ1) is 8.42. The predicted molar refractivity (Wildman–Crippen MR) is 67.6 cm³/mol. The summed E-state index contributed by atoms with van der Waals surface area (Å²) >= 11 is 0. The largest absolute Gasteiger partial charge is 0.468 e. The molecule has 0 aliphatic heterocycles. The van der Waals surface area contributed by atoms with Crippen LogP contribution in [0.15, 0.2) is 53.1 Å². The topological polar surface area (TPSA) is 41.0 Å². The Bertz CT molecular complexity index is 563. The third-order valence-electron chi connectivity index (χ3n) is 2.78. The van der Waals surface area contributed by atoms with Crippen molar-refractivity contribution in [1.82, 2.24) is 10.3 Å². The van der Waals surface area contributed by atoms with E-state index < -0.39 is 0 Å². The number of aromatic amines is 1. The molecule has 3 rings (SSSR count). The minimum Gasteiger partial charge on any atom is -0.468 e. The standard InChI is InChI=1S/C14H14N2O/c1-2-6-14-11(4-1)8-12(16-14)9-15-10-13-5-3-7-17-13/h1-8,15-16H,9-10H2. The summed E-state index contributed by atoms with van der Waals surface area (Å²) < 4.78 is 5.26. The van der Waals surface area contributed by atoms with E-state index in [0.717, 1.165) is 18.8 Å². The zero-order valence-corrected chi connectivity index (χ0v) is 9.44. The molecule has 0 fully saturated rings. The summed E-state index contributed by atoms with van der Waals surface area (Å²) in [6.07, 6.45) is 1.69. The molecule has 0 amide bonds. The monoisotopic (exact) mass is 226 g/mol. The lowest BCUT2D eigenvalue weighted by Gasteiger charge is -1.99. The van der Waals surface area contributed by atoms with Gasteiger partial charge in [-0.15, -0.1) is 0 Å². The van der Waals surface area contributed by atoms with E-state index in [9.17, 15) is 0 Å². The molecular weight excluding hydrogens is 212 g/mol. The third kappa shape index (κ3) is 2.24. The number of benzene rings is 1. The molecule has 0 saturated carbocycles. The number of hydrogen-bond donors (Lipinski definition) is 2. The maximum absolute atomic E-state index is 5.26. The Hall–Kier alpha value is -2.00. The summed E-state index contributed by atoms with van der Waals surface area (Å²) in [5, 5.41) is 4.59. The second-order valence-electron chi connectivity index (χ2n) is 4.06. The highest BCUT2D eigenvalue weighted by atomic mass is 16.3. The Kier molecular flexibility index (Phi) is 2.68. The number of para-hydroxylation sites is 1. The summed E-state index contributed by atoms with van der Waals surface area (Å²) in [6.45, 7) is 1.57. The predicted octanol–water partition coefficient (Wildman–Crippen LogP) is 3.05. The van der Waals surface area contributed by atoms with Gasteiger partial charge in [-0.05, 0) is 29.7 Å². The van der Waals surface area contributed by atoms with Gasteiger partial charge < -0.3 is 14.7 Å². The van der Waals surface area contributed by atoms with Crippen molar-refractivity contribution in [2.24, 2.45) is 0 Å². The van der Waals surface area contributed by atoms with E-state index in [0.29, 0.717) is 0 Å². The van der Waals surface area contributed by atoms with Gasteiger partial charge in [-0.25, -0.2) is 0 Å². The fraction of sp³-hybridized carbons (Fsp3) is 0.143. The average Bonchev–Trinajstić information content (AvgIpc) is 2.96. The first-order valence-electron chi connectivity index (χ1n) is 5.71. The molecule has 0 spiro atoms. The van der Waals surface area contributed by atoms with Crippen molar-refractivity contribution in [2.75, 3.05) is 0 Å². The Morgan fingerprint density at radius 3 is 2.82 bits per heavy atom. The van der Waals surface area contributed by atoms with E-state index >= 15 is 0 Å². The Morgan fingerprint density at radius 2 is 2.00 bits per heavy atom. The van der Waals surface area contributed by atoms with Crippen LogP contribution in [0.3, 0.4) is 0 Å². The maximum Gasteiger partial charge on any atom is 0.117 e. The van der Waals surface area contributed by atoms with Gasteiger partial charge in [0.25, 0.3) is 0 Å². The van der Waals surface area contributed by atoms with Gasteiger partial charge in [-0.2, -0.15) is 0 Å². The molecular formula is C14H14N2O. The second-order valence-corrected chi connectivity index (χ2v) is 4.06. The first kappa shape index (κ1) is 10.2. The zero-order valence-electron chi connectivity index (χ0n) is 9.44. The van der Waals surface area contributed by atoms with E-state index in [2.05, 4.69) is 34.6 Å². The molecule has 86 valence electrons. The average molecular weight is 226 g/mol. The van der Waals surface area contributed by atoms with Crippen LogP contribution in [0.1, 0.15) is 11.5 Å². The van der Waals surface area contributed by atoms with Crippen LogP contribution in [0.25, 0.3) is 10.9 Å². The van der Waals surface area contributed by atoms with Crippen LogP contribution in [0.2, 0.25) is 0 Å². The summed E-state index contributed by atoms with van der Waals surface area (Å²) in [4.78, 5) is 3.38. The van der Waals surface area contributed by atoms with E-state index in [1.54, 1.807) is 6.26 Å². The van der Waals surface area contributed by atoms with Crippen LogP contribution in [0, 0.1) is 0 Å². The molecule has 3 heteroatoms. The quantitative estimate of drug-likeness (QED) is 0.717. The molecule has 0 aliphatic carbocycles. The van der Waals surface area contributed by atoms with Crippen LogP contribution < -0.4 is 5.32 Å². The zero-order chi connectivity index (χ0) is 11.5. The number of hydrogen-bond acceptors (Lipinski definition) is 2. The van der Waals surface area contributed by atoms with E-state index in [1.165, 1.54) is 16.6 Å². The van der Waals surface area contributed by atoms with E-state index in [4.69, 9.17) is 4.42 Å². The lowest BCUT2D eigenvalue weighted by atomic mass is 10.2. The van der Waals surface area contributed by atoms with Gasteiger partial charge in [0, 0.05) is 17.8 Å². The molecule has 2 aromatic heterocycles. The molecule has 0 unspecified atom stereocenters. The number of furan rings is 1. The Balaban J connectivity index is 1.65. The number of H-pyrrole nitrogens is 1. The van der Waals surface area contributed by atoms with Crippen molar-refractivity contribution in [3.8, 4) is 0 Å². The van der Waals surface area contributed by atoms with Crippen LogP contribution in [-0.2, 0) is 13.1 Å². The van der Waals surface area contributed by atoms with Crippen molar-refractivity contribution in [3.63, 3.8) is 0 Å². The number of nitrogens with one attached hydrogen (secondary N) is 2. The van der Waals surface area contributed by atoms with Crippen LogP contribution in [0.4, 0.5) is 0 Å². The van der Waals surface area contributed by atoms with Crippen LogP contribution >= 0.6 is 0 Å². The molecule has 0 aliphatic rings. The van der Waals surface area contributed by atoms with E-state index in [1.807, 2.05) is 18.2 Å². The summed E-state index contributed by atoms with van der Waals surface area (Å²) in [7, 11) is 0. The summed E-state index contributed by atoms with van der Waals surface area (Å²) in [5.41, 5.74) is 2.38. The smallest absolute Gasteiger partial charge is 0.117 e. The summed E-state index contributed by atoms with van der Waals surface area (Å²) in [6, 6.07) is 14.3. The fourth-order valence-electron chi connectivity index (χ4n) is 1.96. The van der Waals surface area contributed by atoms with Gasteiger partial charge in [0.1, 0.15) is 5.76 Å². The van der Waals surface area contributed by atoms with Gasteiger partial charge in [0.15, 0.2) is 0 Å². The van der Waals surface area contributed by atoms with Crippen molar-refractivity contribution in [2.45, 2.75) is 13.1 Å². The molecule has 1 aromatic carbocycles. The molecule has 17 heavy (non-hydrogen) atoms. The fourth-order valence-corrected chi connectivity index (χ4v) is 1.96. The molecule has 3 aromatic rings. The molecule has 0 radical (unpaired) electrons. The Morgan fingerprint density at radius 1 is 1.06 bits per heavy atom. The van der Waals surface area contributed by atoms with Gasteiger partial charge in [-0.3, -0.25) is 0 Å². The van der Waals surface area contributed by atoms with Gasteiger partial charge in [-0.1, -0.05) is 18.2 Å². The molecule has 0 bridgehead atoms. The highest BCUT2D eigenvalue weighted by Gasteiger charge is 2.00. The van der Waals surface area contributed by atoms with Gasteiger partial charge in [0.05, 0.1) is 12.8 Å². The maximum atomic E-state index is 5.26. The lowest BCUT2D eigenvalue weighted by Crippen LogP contribution is -2.12.